The zero-order valence-electron chi connectivity index (χ0n) is 6.77. The van der Waals surface area contributed by atoms with Crippen LogP contribution in [0.5, 0.6) is 0 Å². The first-order chi connectivity index (χ1) is 6.25. The zero-order valence-corrected chi connectivity index (χ0v) is 9.28. The number of hydrogen-bond acceptors (Lipinski definition) is 0. The molecule has 14 heavy (non-hydrogen) atoms. The Morgan fingerprint density at radius 2 is 1.36 bits per heavy atom. The van der Waals surface area contributed by atoms with Crippen LogP contribution in [0.1, 0.15) is 0 Å². The van der Waals surface area contributed by atoms with Crippen LogP contribution in [0.2, 0.25) is 6.55 Å². The van der Waals surface area contributed by atoms with E-state index < -0.39 is 35.1 Å². The van der Waals surface area contributed by atoms with Crippen molar-refractivity contribution in [1.82, 2.24) is 0 Å². The van der Waals surface area contributed by atoms with Crippen LogP contribution in [-0.2, 0) is 0 Å². The van der Waals surface area contributed by atoms with Crippen molar-refractivity contribution in [2.75, 3.05) is 0 Å². The van der Waals surface area contributed by atoms with Gasteiger partial charge in [-0.15, -0.1) is 22.2 Å². The molecule has 1 aromatic carbocycles. The van der Waals surface area contributed by atoms with Crippen molar-refractivity contribution in [1.29, 1.82) is 0 Å². The van der Waals surface area contributed by atoms with Gasteiger partial charge in [-0.2, -0.15) is 0 Å². The summed E-state index contributed by atoms with van der Waals surface area (Å²) in [6.45, 7) is -2.36. The second kappa shape index (κ2) is 3.71. The third-order valence-electron chi connectivity index (χ3n) is 1.48. The highest BCUT2D eigenvalue weighted by Crippen LogP contribution is 2.20. The third-order valence-corrected chi connectivity index (χ3v) is 3.93. The minimum absolute atomic E-state index is 0.922. The summed E-state index contributed by atoms with van der Waals surface area (Å²) in [5, 5.41) is -0.922. The van der Waals surface area contributed by atoms with Gasteiger partial charge in [0, 0.05) is 5.19 Å². The lowest BCUT2D eigenvalue weighted by Crippen LogP contribution is -2.39. The first-order valence-corrected chi connectivity index (χ1v) is 7.91. The third kappa shape index (κ3) is 2.04. The lowest BCUT2D eigenvalue weighted by Gasteiger charge is -2.13. The van der Waals surface area contributed by atoms with Gasteiger partial charge in [-0.05, 0) is 6.55 Å². The number of benzene rings is 1. The van der Waals surface area contributed by atoms with Gasteiger partial charge in [0.1, 0.15) is 0 Å². The van der Waals surface area contributed by atoms with Gasteiger partial charge in [0.2, 0.25) is 0 Å². The topological polar surface area (TPSA) is 0 Å². The molecule has 0 saturated carbocycles. The van der Waals surface area contributed by atoms with E-state index >= 15 is 0 Å². The van der Waals surface area contributed by atoms with Crippen LogP contribution in [0.3, 0.4) is 0 Å². The van der Waals surface area contributed by atoms with Crippen LogP contribution in [0.15, 0.2) is 0 Å². The summed E-state index contributed by atoms with van der Waals surface area (Å²) in [4.78, 5) is 0. The summed E-state index contributed by atoms with van der Waals surface area (Å²) in [6, 6.07) is 1.24. The van der Waals surface area contributed by atoms with Gasteiger partial charge in [0.15, 0.2) is 23.3 Å². The fraction of sp³-hybridized carbons (Fsp3) is 0.143. The molecular formula is C7H3Cl2F4Si. The van der Waals surface area contributed by atoms with Crippen molar-refractivity contribution in [2.45, 2.75) is 6.55 Å². The highest BCUT2D eigenvalue weighted by Gasteiger charge is 2.35. The molecule has 7 heteroatoms. The van der Waals surface area contributed by atoms with E-state index in [0.29, 0.717) is 0 Å². The Kier molecular flexibility index (Phi) is 3.13. The molecule has 0 amide bonds. The minimum atomic E-state index is -3.49. The number of rotatable bonds is 1. The van der Waals surface area contributed by atoms with Crippen LogP contribution < -0.4 is 5.19 Å². The predicted molar refractivity (Wildman–Crippen MR) is 48.1 cm³/mol. The first kappa shape index (κ1) is 11.8. The van der Waals surface area contributed by atoms with Crippen molar-refractivity contribution < 1.29 is 17.6 Å². The summed E-state index contributed by atoms with van der Waals surface area (Å²) >= 11 is 11.0. The van der Waals surface area contributed by atoms with E-state index in [2.05, 4.69) is 0 Å². The molecule has 0 aliphatic carbocycles. The molecule has 0 aromatic heterocycles. The van der Waals surface area contributed by atoms with Gasteiger partial charge in [0.25, 0.3) is 6.69 Å². The first-order valence-electron chi connectivity index (χ1n) is 3.38. The summed E-state index contributed by atoms with van der Waals surface area (Å²) in [6.07, 6.45) is 0. The summed E-state index contributed by atoms with van der Waals surface area (Å²) in [5.41, 5.74) is 0. The molecule has 1 radical (unpaired) electrons. The lowest BCUT2D eigenvalue weighted by molar-refractivity contribution is 0.460. The normalized spacial score (nSPS) is 11.9. The van der Waals surface area contributed by atoms with Crippen LogP contribution in [0, 0.1) is 29.3 Å². The van der Waals surface area contributed by atoms with Crippen molar-refractivity contribution in [3.8, 4) is 0 Å². The minimum Gasteiger partial charge on any atom is -0.204 e. The molecule has 0 atom stereocenters. The van der Waals surface area contributed by atoms with Gasteiger partial charge in [-0.25, -0.2) is 17.6 Å². The predicted octanol–water partition coefficient (Wildman–Crippen LogP) is 2.80. The van der Waals surface area contributed by atoms with Crippen molar-refractivity contribution in [3.63, 3.8) is 0 Å². The van der Waals surface area contributed by atoms with Crippen molar-refractivity contribution in [3.05, 3.63) is 29.3 Å². The Labute approximate surface area is 87.9 Å². The molecule has 1 rings (SSSR count). The molecule has 77 valence electrons. The van der Waals surface area contributed by atoms with E-state index in [9.17, 15) is 17.6 Å². The van der Waals surface area contributed by atoms with Gasteiger partial charge in [-0.3, -0.25) is 0 Å². The molecule has 0 bridgehead atoms. The van der Waals surface area contributed by atoms with E-state index in [0.717, 1.165) is 6.55 Å². The molecule has 0 N–H and O–H groups in total. The monoisotopic (exact) mass is 261 g/mol. The summed E-state index contributed by atoms with van der Waals surface area (Å²) in [7, 11) is 0. The fourth-order valence-corrected chi connectivity index (χ4v) is 2.89. The van der Waals surface area contributed by atoms with E-state index in [1.54, 1.807) is 0 Å². The van der Waals surface area contributed by atoms with Crippen LogP contribution in [-0.4, -0.2) is 6.69 Å². The smallest absolute Gasteiger partial charge is 0.204 e. The van der Waals surface area contributed by atoms with Crippen molar-refractivity contribution >= 4 is 34.0 Å². The molecule has 0 saturated heterocycles. The Morgan fingerprint density at radius 1 is 1.00 bits per heavy atom. The number of hydrogen-bond donors (Lipinski definition) is 0. The molecule has 0 aliphatic heterocycles. The molecular weight excluding hydrogens is 259 g/mol. The fourth-order valence-electron chi connectivity index (χ4n) is 0.907. The van der Waals surface area contributed by atoms with Gasteiger partial charge >= 0.3 is 0 Å². The van der Waals surface area contributed by atoms with E-state index in [4.69, 9.17) is 22.2 Å². The van der Waals surface area contributed by atoms with E-state index in [1.165, 1.54) is 6.07 Å². The molecule has 0 heterocycles. The maximum atomic E-state index is 13.0. The molecule has 0 fully saturated rings. The molecule has 0 spiro atoms. The Bertz CT molecular complexity index is 349. The van der Waals surface area contributed by atoms with Crippen LogP contribution in [0.25, 0.3) is 0 Å². The zero-order chi connectivity index (χ0) is 11.1. The van der Waals surface area contributed by atoms with Gasteiger partial charge in [0.05, 0.1) is 6.07 Å². The van der Waals surface area contributed by atoms with Crippen LogP contribution >= 0.6 is 22.2 Å². The molecule has 0 nitrogen and oxygen atoms in total. The van der Waals surface area contributed by atoms with Crippen molar-refractivity contribution in [2.24, 2.45) is 0 Å². The maximum absolute atomic E-state index is 13.0. The lowest BCUT2D eigenvalue weighted by atomic mass is 10.3. The maximum Gasteiger partial charge on any atom is 0.283 e. The average molecular weight is 262 g/mol. The summed E-state index contributed by atoms with van der Waals surface area (Å²) < 4.78 is 51.2. The Morgan fingerprint density at radius 3 is 1.64 bits per heavy atom. The van der Waals surface area contributed by atoms with Crippen LogP contribution in [0.4, 0.5) is 17.6 Å². The van der Waals surface area contributed by atoms with Gasteiger partial charge < -0.3 is 0 Å². The quantitative estimate of drug-likeness (QED) is 0.316. The second-order valence-corrected chi connectivity index (χ2v) is 10.0. The molecule has 0 aliphatic rings. The Balaban J connectivity index is 3.56. The highest BCUT2D eigenvalue weighted by molar-refractivity contribution is 7.50. The largest absolute Gasteiger partial charge is 0.283 e. The average Bonchev–Trinajstić information content (AvgIpc) is 1.98. The second-order valence-electron chi connectivity index (χ2n) is 2.64. The SMILES string of the molecule is C[Si](Cl)(Cl)c1c(F)c(F)[c]c(F)c1F. The number of halogens is 6. The van der Waals surface area contributed by atoms with E-state index in [1.807, 2.05) is 0 Å². The molecule has 0 unspecified atom stereocenters. The highest BCUT2D eigenvalue weighted by atomic mass is 35.7. The van der Waals surface area contributed by atoms with E-state index in [-0.39, 0.29) is 0 Å². The molecule has 1 aromatic rings. The summed E-state index contributed by atoms with van der Waals surface area (Å²) in [5.74, 6) is -6.41. The Hall–Kier alpha value is -0.263. The van der Waals surface area contributed by atoms with Gasteiger partial charge in [-0.1, -0.05) is 0 Å². The standard InChI is InChI=1S/C7H3Cl2F4Si/c1-14(8,9)7-5(12)3(10)2-4(11)6(7)13/h1H3.